The largest absolute Gasteiger partial charge is 0.493 e. The van der Waals surface area contributed by atoms with Gasteiger partial charge < -0.3 is 14.8 Å². The van der Waals surface area contributed by atoms with Crippen LogP contribution in [-0.2, 0) is 16.8 Å². The molecule has 0 aliphatic heterocycles. The highest BCUT2D eigenvalue weighted by molar-refractivity contribution is 7.90. The fourth-order valence-corrected chi connectivity index (χ4v) is 3.28. The molecule has 0 heterocycles. The monoisotopic (exact) mass is 461 g/mol. The minimum atomic E-state index is -3.92. The highest BCUT2D eigenvalue weighted by Gasteiger charge is 2.12. The number of carbonyl (C=O) groups is 1. The van der Waals surface area contributed by atoms with Crippen molar-refractivity contribution in [1.82, 2.24) is 0 Å². The van der Waals surface area contributed by atoms with E-state index in [0.717, 1.165) is 5.56 Å². The van der Waals surface area contributed by atoms with Gasteiger partial charge in [-0.15, -0.1) is 0 Å². The van der Waals surface area contributed by atoms with Crippen LogP contribution in [0.3, 0.4) is 0 Å². The van der Waals surface area contributed by atoms with Gasteiger partial charge in [-0.05, 0) is 54.1 Å². The van der Waals surface area contributed by atoms with Crippen LogP contribution in [0.4, 0.5) is 11.4 Å². The molecule has 3 aromatic carbocycles. The third-order valence-electron chi connectivity index (χ3n) is 4.11. The number of hydrogen-bond acceptors (Lipinski definition) is 5. The second-order valence-electron chi connectivity index (χ2n) is 6.46. The molecule has 0 unspecified atom stereocenters. The molecule has 0 atom stereocenters. The van der Waals surface area contributed by atoms with Crippen molar-refractivity contribution in [2.75, 3.05) is 17.1 Å². The Bertz CT molecular complexity index is 1180. The quantitative estimate of drug-likeness (QED) is 0.471. The lowest BCUT2D eigenvalue weighted by atomic mass is 10.1. The Balaban J connectivity index is 1.70. The number of ether oxygens (including phenoxy) is 2. The van der Waals surface area contributed by atoms with Crippen molar-refractivity contribution in [1.29, 1.82) is 0 Å². The van der Waals surface area contributed by atoms with Gasteiger partial charge in [-0.1, -0.05) is 29.8 Å². The molecule has 162 valence electrons. The summed E-state index contributed by atoms with van der Waals surface area (Å²) in [6.07, 6.45) is 0. The van der Waals surface area contributed by atoms with E-state index in [4.69, 9.17) is 26.2 Å². The Labute approximate surface area is 185 Å². The van der Waals surface area contributed by atoms with Crippen molar-refractivity contribution in [2.24, 2.45) is 5.14 Å². The second-order valence-corrected chi connectivity index (χ2v) is 8.19. The molecular formula is C21H20ClN3O5S. The van der Waals surface area contributed by atoms with Gasteiger partial charge in [0.15, 0.2) is 11.5 Å². The minimum Gasteiger partial charge on any atom is -0.493 e. The van der Waals surface area contributed by atoms with E-state index in [2.05, 4.69) is 10.0 Å². The van der Waals surface area contributed by atoms with E-state index in [9.17, 15) is 13.2 Å². The van der Waals surface area contributed by atoms with Gasteiger partial charge in [0, 0.05) is 16.3 Å². The number of benzene rings is 3. The number of halogens is 1. The van der Waals surface area contributed by atoms with Gasteiger partial charge in [0.25, 0.3) is 16.1 Å². The number of carbonyl (C=O) groups excluding carboxylic acids is 1. The molecule has 0 bridgehead atoms. The van der Waals surface area contributed by atoms with Crippen LogP contribution in [-0.4, -0.2) is 21.4 Å². The summed E-state index contributed by atoms with van der Waals surface area (Å²) in [6, 6.07) is 18.2. The van der Waals surface area contributed by atoms with Crippen LogP contribution in [0.15, 0.2) is 66.7 Å². The van der Waals surface area contributed by atoms with Gasteiger partial charge in [-0.2, -0.15) is 8.42 Å². The van der Waals surface area contributed by atoms with Crippen LogP contribution < -0.4 is 24.7 Å². The molecule has 4 N–H and O–H groups in total. The highest BCUT2D eigenvalue weighted by Crippen LogP contribution is 2.29. The van der Waals surface area contributed by atoms with Crippen molar-refractivity contribution in [3.8, 4) is 11.5 Å². The Morgan fingerprint density at radius 2 is 1.71 bits per heavy atom. The maximum Gasteiger partial charge on any atom is 0.296 e. The van der Waals surface area contributed by atoms with Crippen LogP contribution >= 0.6 is 11.6 Å². The summed E-state index contributed by atoms with van der Waals surface area (Å²) in [5.74, 6) is 0.468. The number of nitrogens with one attached hydrogen (secondary N) is 2. The predicted molar refractivity (Wildman–Crippen MR) is 120 cm³/mol. The van der Waals surface area contributed by atoms with Gasteiger partial charge in [-0.25, -0.2) is 5.14 Å². The van der Waals surface area contributed by atoms with Crippen molar-refractivity contribution in [3.63, 3.8) is 0 Å². The maximum absolute atomic E-state index is 12.6. The van der Waals surface area contributed by atoms with E-state index in [0.29, 0.717) is 34.4 Å². The first-order valence-electron chi connectivity index (χ1n) is 9.01. The number of nitrogens with two attached hydrogens (primary N) is 1. The summed E-state index contributed by atoms with van der Waals surface area (Å²) in [5, 5.41) is 8.30. The summed E-state index contributed by atoms with van der Waals surface area (Å²) in [4.78, 5) is 12.6. The Morgan fingerprint density at radius 3 is 2.39 bits per heavy atom. The van der Waals surface area contributed by atoms with Gasteiger partial charge in [0.1, 0.15) is 6.61 Å². The lowest BCUT2D eigenvalue weighted by Crippen LogP contribution is -2.21. The normalized spacial score (nSPS) is 10.9. The zero-order chi connectivity index (χ0) is 22.4. The third-order valence-corrected chi connectivity index (χ3v) is 4.89. The number of anilines is 2. The molecule has 1 amide bonds. The van der Waals surface area contributed by atoms with Crippen molar-refractivity contribution in [3.05, 3.63) is 82.9 Å². The molecule has 3 aromatic rings. The molecule has 0 fully saturated rings. The van der Waals surface area contributed by atoms with Crippen LogP contribution in [0, 0.1) is 0 Å². The van der Waals surface area contributed by atoms with Crippen LogP contribution in [0.1, 0.15) is 15.9 Å². The zero-order valence-corrected chi connectivity index (χ0v) is 18.0. The molecule has 3 rings (SSSR count). The molecule has 0 spiro atoms. The first-order valence-corrected chi connectivity index (χ1v) is 10.9. The minimum absolute atomic E-state index is 0.226. The molecular weight excluding hydrogens is 442 g/mol. The first-order chi connectivity index (χ1) is 14.7. The predicted octanol–water partition coefficient (Wildman–Crippen LogP) is 3.80. The summed E-state index contributed by atoms with van der Waals surface area (Å²) in [6.45, 7) is 0.308. The summed E-state index contributed by atoms with van der Waals surface area (Å²) < 4.78 is 35.6. The van der Waals surface area contributed by atoms with E-state index in [1.165, 1.54) is 19.2 Å². The number of methoxy groups -OCH3 is 1. The first kappa shape index (κ1) is 22.4. The molecule has 0 aromatic heterocycles. The third kappa shape index (κ3) is 6.61. The number of amides is 1. The zero-order valence-electron chi connectivity index (χ0n) is 16.5. The summed E-state index contributed by atoms with van der Waals surface area (Å²) in [7, 11) is -2.44. The molecule has 0 saturated heterocycles. The molecule has 0 aliphatic carbocycles. The van der Waals surface area contributed by atoms with Crippen LogP contribution in [0.5, 0.6) is 11.5 Å². The number of hydrogen-bond donors (Lipinski definition) is 3. The average Bonchev–Trinajstić information content (AvgIpc) is 2.72. The average molecular weight is 462 g/mol. The Kier molecular flexibility index (Phi) is 7.01. The molecule has 0 radical (unpaired) electrons. The lowest BCUT2D eigenvalue weighted by molar-refractivity contribution is 0.102. The van der Waals surface area contributed by atoms with E-state index in [-0.39, 0.29) is 5.69 Å². The lowest BCUT2D eigenvalue weighted by Gasteiger charge is -2.13. The summed E-state index contributed by atoms with van der Waals surface area (Å²) in [5.41, 5.74) is 1.88. The van der Waals surface area contributed by atoms with Crippen molar-refractivity contribution >= 4 is 39.1 Å². The van der Waals surface area contributed by atoms with Gasteiger partial charge in [0.2, 0.25) is 0 Å². The van der Waals surface area contributed by atoms with E-state index >= 15 is 0 Å². The number of rotatable bonds is 8. The van der Waals surface area contributed by atoms with Crippen molar-refractivity contribution < 1.29 is 22.7 Å². The van der Waals surface area contributed by atoms with Gasteiger partial charge in [-0.3, -0.25) is 9.52 Å². The van der Waals surface area contributed by atoms with Crippen LogP contribution in [0.2, 0.25) is 5.02 Å². The molecule has 8 nitrogen and oxygen atoms in total. The molecule has 31 heavy (non-hydrogen) atoms. The topological polar surface area (TPSA) is 120 Å². The second kappa shape index (κ2) is 9.69. The Morgan fingerprint density at radius 1 is 1.00 bits per heavy atom. The van der Waals surface area contributed by atoms with Gasteiger partial charge >= 0.3 is 0 Å². The Hall–Kier alpha value is -3.27. The molecule has 10 heteroatoms. The van der Waals surface area contributed by atoms with Gasteiger partial charge in [0.05, 0.1) is 12.8 Å². The molecule has 0 aliphatic rings. The molecule has 0 saturated carbocycles. The van der Waals surface area contributed by atoms with Crippen LogP contribution in [0.25, 0.3) is 0 Å². The highest BCUT2D eigenvalue weighted by atomic mass is 35.5. The maximum atomic E-state index is 12.6. The standard InChI is InChI=1S/C21H20ClN3O5S/c1-29-20-11-15(7-10-19(20)30-13-14-5-8-16(22)9-6-14)21(26)24-17-3-2-4-18(12-17)25-31(23,27)28/h2-12,25H,13H2,1H3,(H,24,26)(H2,23,27,28). The van der Waals surface area contributed by atoms with E-state index in [1.807, 2.05) is 12.1 Å². The van der Waals surface area contributed by atoms with E-state index in [1.54, 1.807) is 42.5 Å². The fraction of sp³-hybridized carbons (Fsp3) is 0.0952. The SMILES string of the molecule is COc1cc(C(=O)Nc2cccc(NS(N)(=O)=O)c2)ccc1OCc1ccc(Cl)cc1. The van der Waals surface area contributed by atoms with Crippen molar-refractivity contribution in [2.45, 2.75) is 6.61 Å². The summed E-state index contributed by atoms with van der Waals surface area (Å²) >= 11 is 5.88. The smallest absolute Gasteiger partial charge is 0.296 e. The van der Waals surface area contributed by atoms with E-state index < -0.39 is 16.1 Å². The fourth-order valence-electron chi connectivity index (χ4n) is 2.70.